The van der Waals surface area contributed by atoms with Crippen molar-refractivity contribution < 1.29 is 0 Å². The summed E-state index contributed by atoms with van der Waals surface area (Å²) in [6.45, 7) is 2.18. The molecular weight excluding hydrogens is 262 g/mol. The first-order valence-corrected chi connectivity index (χ1v) is 6.62. The lowest BCUT2D eigenvalue weighted by Gasteiger charge is -2.12. The maximum Gasteiger partial charge on any atom is 0.0698 e. The molecule has 0 aliphatic rings. The van der Waals surface area contributed by atoms with Crippen LogP contribution in [0.25, 0.3) is 0 Å². The van der Waals surface area contributed by atoms with E-state index in [0.717, 1.165) is 15.9 Å². The third kappa shape index (κ3) is 3.00. The van der Waals surface area contributed by atoms with Crippen LogP contribution in [-0.2, 0) is 7.05 Å². The van der Waals surface area contributed by atoms with E-state index >= 15 is 0 Å². The van der Waals surface area contributed by atoms with Crippen molar-refractivity contribution in [3.8, 4) is 0 Å². The molecule has 5 heteroatoms. The molecule has 0 aliphatic carbocycles. The first-order valence-electron chi connectivity index (χ1n) is 4.67. The fraction of sp³-hybridized carbons (Fsp3) is 0.667. The molecule has 0 aliphatic heterocycles. The van der Waals surface area contributed by atoms with Crippen LogP contribution in [0.5, 0.6) is 0 Å². The van der Waals surface area contributed by atoms with Gasteiger partial charge in [0.25, 0.3) is 0 Å². The predicted octanol–water partition coefficient (Wildman–Crippen LogP) is 2.33. The Morgan fingerprint density at radius 2 is 2.43 bits per heavy atom. The zero-order valence-corrected chi connectivity index (χ0v) is 10.9. The summed E-state index contributed by atoms with van der Waals surface area (Å²) in [4.78, 5) is 0. The molecular formula is C9H16BrN3S. The van der Waals surface area contributed by atoms with E-state index < -0.39 is 0 Å². The van der Waals surface area contributed by atoms with Gasteiger partial charge in [0.1, 0.15) is 0 Å². The highest BCUT2D eigenvalue weighted by atomic mass is 79.9. The van der Waals surface area contributed by atoms with E-state index in [2.05, 4.69) is 28.0 Å². The standard InChI is InChI=1S/C9H16BrN3S/c1-3-4-14-6-8(11)9-7(10)5-12-13(9)2/h5,8H,3-4,6,11H2,1-2H3. The third-order valence-corrected chi connectivity index (χ3v) is 3.84. The lowest BCUT2D eigenvalue weighted by Crippen LogP contribution is -2.17. The largest absolute Gasteiger partial charge is 0.322 e. The van der Waals surface area contributed by atoms with Gasteiger partial charge < -0.3 is 5.73 Å². The van der Waals surface area contributed by atoms with Crippen molar-refractivity contribution in [2.24, 2.45) is 12.8 Å². The summed E-state index contributed by atoms with van der Waals surface area (Å²) < 4.78 is 2.84. The molecule has 1 heterocycles. The van der Waals surface area contributed by atoms with Crippen molar-refractivity contribution in [3.63, 3.8) is 0 Å². The van der Waals surface area contributed by atoms with Crippen LogP contribution in [-0.4, -0.2) is 21.3 Å². The van der Waals surface area contributed by atoms with Crippen LogP contribution in [0.1, 0.15) is 25.1 Å². The SMILES string of the molecule is CCCSCC(N)c1c(Br)cnn1C. The van der Waals surface area contributed by atoms with Crippen LogP contribution in [0.2, 0.25) is 0 Å². The summed E-state index contributed by atoms with van der Waals surface area (Å²) in [5.41, 5.74) is 7.15. The number of thioether (sulfide) groups is 1. The predicted molar refractivity (Wildman–Crippen MR) is 65.5 cm³/mol. The molecule has 0 aromatic carbocycles. The number of hydrogen-bond donors (Lipinski definition) is 1. The summed E-state index contributed by atoms with van der Waals surface area (Å²) in [6, 6.07) is 0.0634. The Morgan fingerprint density at radius 3 is 2.93 bits per heavy atom. The second-order valence-electron chi connectivity index (χ2n) is 3.18. The molecule has 0 saturated carbocycles. The van der Waals surface area contributed by atoms with Gasteiger partial charge in [-0.3, -0.25) is 4.68 Å². The summed E-state index contributed by atoms with van der Waals surface area (Å²) >= 11 is 5.34. The van der Waals surface area contributed by atoms with E-state index in [9.17, 15) is 0 Å². The van der Waals surface area contributed by atoms with Crippen LogP contribution in [0, 0.1) is 0 Å². The number of nitrogens with zero attached hydrogens (tertiary/aromatic N) is 2. The quantitative estimate of drug-likeness (QED) is 0.841. The van der Waals surface area contributed by atoms with Crippen molar-refractivity contribution in [1.82, 2.24) is 9.78 Å². The molecule has 0 radical (unpaired) electrons. The van der Waals surface area contributed by atoms with Gasteiger partial charge >= 0.3 is 0 Å². The maximum absolute atomic E-state index is 6.07. The summed E-state index contributed by atoms with van der Waals surface area (Å²) in [5.74, 6) is 2.12. The molecule has 1 atom stereocenters. The van der Waals surface area contributed by atoms with Crippen molar-refractivity contribution >= 4 is 27.7 Å². The average Bonchev–Trinajstić information content (AvgIpc) is 2.46. The molecule has 0 saturated heterocycles. The van der Waals surface area contributed by atoms with Crippen molar-refractivity contribution in [3.05, 3.63) is 16.4 Å². The fourth-order valence-electron chi connectivity index (χ4n) is 1.27. The van der Waals surface area contributed by atoms with E-state index in [1.807, 2.05) is 23.5 Å². The van der Waals surface area contributed by atoms with Crippen LogP contribution in [0.3, 0.4) is 0 Å². The minimum absolute atomic E-state index is 0.0634. The van der Waals surface area contributed by atoms with Gasteiger partial charge in [-0.2, -0.15) is 16.9 Å². The minimum Gasteiger partial charge on any atom is -0.322 e. The highest BCUT2D eigenvalue weighted by Crippen LogP contribution is 2.23. The van der Waals surface area contributed by atoms with E-state index in [1.54, 1.807) is 6.20 Å². The van der Waals surface area contributed by atoms with Gasteiger partial charge in [-0.1, -0.05) is 6.92 Å². The van der Waals surface area contributed by atoms with E-state index in [1.165, 1.54) is 12.2 Å². The zero-order chi connectivity index (χ0) is 10.6. The first-order chi connectivity index (χ1) is 6.66. The first kappa shape index (κ1) is 12.1. The monoisotopic (exact) mass is 277 g/mol. The lowest BCUT2D eigenvalue weighted by atomic mass is 10.2. The summed E-state index contributed by atoms with van der Waals surface area (Å²) in [5, 5.41) is 4.15. The Kier molecular flexibility index (Phi) is 4.98. The van der Waals surface area contributed by atoms with Gasteiger partial charge in [0, 0.05) is 12.8 Å². The Balaban J connectivity index is 2.55. The number of rotatable bonds is 5. The molecule has 0 bridgehead atoms. The topological polar surface area (TPSA) is 43.8 Å². The van der Waals surface area contributed by atoms with Gasteiger partial charge in [-0.15, -0.1) is 0 Å². The van der Waals surface area contributed by atoms with E-state index in [0.29, 0.717) is 0 Å². The zero-order valence-electron chi connectivity index (χ0n) is 8.53. The fourth-order valence-corrected chi connectivity index (χ4v) is 2.78. The second-order valence-corrected chi connectivity index (χ2v) is 5.19. The van der Waals surface area contributed by atoms with Crippen LogP contribution < -0.4 is 5.73 Å². The van der Waals surface area contributed by atoms with Gasteiger partial charge in [0.05, 0.1) is 22.4 Å². The number of halogens is 1. The van der Waals surface area contributed by atoms with Crippen LogP contribution in [0.4, 0.5) is 0 Å². The molecule has 0 fully saturated rings. The third-order valence-electron chi connectivity index (χ3n) is 1.93. The molecule has 80 valence electrons. The summed E-state index contributed by atoms with van der Waals surface area (Å²) in [6.07, 6.45) is 2.99. The van der Waals surface area contributed by atoms with Crippen molar-refractivity contribution in [2.45, 2.75) is 19.4 Å². The molecule has 14 heavy (non-hydrogen) atoms. The second kappa shape index (κ2) is 5.78. The van der Waals surface area contributed by atoms with Crippen LogP contribution >= 0.6 is 27.7 Å². The molecule has 1 unspecified atom stereocenters. The minimum atomic E-state index is 0.0634. The Bertz CT molecular complexity index is 268. The number of nitrogens with two attached hydrogens (primary N) is 1. The molecule has 2 N–H and O–H groups in total. The van der Waals surface area contributed by atoms with Crippen molar-refractivity contribution in [2.75, 3.05) is 11.5 Å². The molecule has 1 rings (SSSR count). The molecule has 0 amide bonds. The highest BCUT2D eigenvalue weighted by Gasteiger charge is 2.14. The Morgan fingerprint density at radius 1 is 1.71 bits per heavy atom. The lowest BCUT2D eigenvalue weighted by molar-refractivity contribution is 0.657. The van der Waals surface area contributed by atoms with Gasteiger partial charge in [0.2, 0.25) is 0 Å². The van der Waals surface area contributed by atoms with Gasteiger partial charge in [-0.05, 0) is 28.1 Å². The summed E-state index contributed by atoms with van der Waals surface area (Å²) in [7, 11) is 1.92. The molecule has 0 spiro atoms. The van der Waals surface area contributed by atoms with E-state index in [4.69, 9.17) is 5.73 Å². The number of hydrogen-bond acceptors (Lipinski definition) is 3. The molecule has 1 aromatic rings. The van der Waals surface area contributed by atoms with Gasteiger partial charge in [0.15, 0.2) is 0 Å². The van der Waals surface area contributed by atoms with Gasteiger partial charge in [-0.25, -0.2) is 0 Å². The number of aromatic nitrogens is 2. The molecule has 3 nitrogen and oxygen atoms in total. The molecule has 1 aromatic heterocycles. The normalized spacial score (nSPS) is 13.1. The van der Waals surface area contributed by atoms with Crippen molar-refractivity contribution in [1.29, 1.82) is 0 Å². The van der Waals surface area contributed by atoms with Crippen LogP contribution in [0.15, 0.2) is 10.7 Å². The highest BCUT2D eigenvalue weighted by molar-refractivity contribution is 9.10. The maximum atomic E-state index is 6.07. The van der Waals surface area contributed by atoms with E-state index in [-0.39, 0.29) is 6.04 Å². The average molecular weight is 278 g/mol. The Labute approximate surface area is 97.6 Å². The number of aryl methyl sites for hydroxylation is 1. The Hall–Kier alpha value is 0. The smallest absolute Gasteiger partial charge is 0.0698 e.